The first-order valence-electron chi connectivity index (χ1n) is 7.43. The maximum Gasteiger partial charge on any atom is 0.306 e. The Balaban J connectivity index is 3.44. The summed E-state index contributed by atoms with van der Waals surface area (Å²) < 4.78 is 0. The van der Waals surface area contributed by atoms with Gasteiger partial charge in [0.15, 0.2) is 0 Å². The van der Waals surface area contributed by atoms with Gasteiger partial charge in [-0.05, 0) is 33.9 Å². The monoisotopic (exact) mass is 292 g/mol. The van der Waals surface area contributed by atoms with Crippen LogP contribution in [0.15, 0.2) is 12.1 Å². The lowest BCUT2D eigenvalue weighted by Gasteiger charge is -2.28. The summed E-state index contributed by atoms with van der Waals surface area (Å²) in [5.74, 6) is -0.894. The highest BCUT2D eigenvalue weighted by Gasteiger charge is 2.27. The van der Waals surface area contributed by atoms with Gasteiger partial charge in [0.2, 0.25) is 0 Å². The van der Waals surface area contributed by atoms with Gasteiger partial charge in [0.1, 0.15) is 5.75 Å². The van der Waals surface area contributed by atoms with Crippen LogP contribution in [-0.2, 0) is 22.0 Å². The summed E-state index contributed by atoms with van der Waals surface area (Å²) in [5, 5.41) is 19.7. The van der Waals surface area contributed by atoms with Crippen LogP contribution >= 0.6 is 0 Å². The van der Waals surface area contributed by atoms with Crippen molar-refractivity contribution in [3.05, 3.63) is 28.8 Å². The normalized spacial score (nSPS) is 14.0. The Bertz CT molecular complexity index is 495. The molecule has 21 heavy (non-hydrogen) atoms. The lowest BCUT2D eigenvalue weighted by molar-refractivity contribution is -0.141. The second-order valence-corrected chi connectivity index (χ2v) is 7.98. The van der Waals surface area contributed by atoms with Gasteiger partial charge < -0.3 is 10.2 Å². The van der Waals surface area contributed by atoms with E-state index in [0.717, 1.165) is 16.7 Å². The highest BCUT2D eigenvalue weighted by molar-refractivity contribution is 5.70. The Morgan fingerprint density at radius 3 is 1.71 bits per heavy atom. The second-order valence-electron chi connectivity index (χ2n) is 7.98. The lowest BCUT2D eigenvalue weighted by Crippen LogP contribution is -2.19. The number of aliphatic carboxylic acids is 1. The van der Waals surface area contributed by atoms with Crippen molar-refractivity contribution in [2.24, 2.45) is 5.92 Å². The van der Waals surface area contributed by atoms with E-state index in [4.69, 9.17) is 5.11 Å². The van der Waals surface area contributed by atoms with Crippen molar-refractivity contribution in [2.75, 3.05) is 0 Å². The zero-order valence-corrected chi connectivity index (χ0v) is 14.2. The zero-order valence-electron chi connectivity index (χ0n) is 14.2. The molecule has 0 bridgehead atoms. The maximum atomic E-state index is 11.1. The van der Waals surface area contributed by atoms with Crippen LogP contribution in [0.4, 0.5) is 0 Å². The van der Waals surface area contributed by atoms with Gasteiger partial charge in [0, 0.05) is 0 Å². The molecule has 1 unspecified atom stereocenters. The van der Waals surface area contributed by atoms with Crippen molar-refractivity contribution < 1.29 is 15.0 Å². The average Bonchev–Trinajstić information content (AvgIpc) is 2.27. The van der Waals surface area contributed by atoms with Crippen LogP contribution in [-0.4, -0.2) is 16.2 Å². The van der Waals surface area contributed by atoms with Crippen LogP contribution in [0.2, 0.25) is 0 Å². The zero-order chi connectivity index (χ0) is 16.6. The Kier molecular flexibility index (Phi) is 4.76. The third-order valence-corrected chi connectivity index (χ3v) is 3.75. The molecule has 0 aliphatic carbocycles. The number of aromatic hydroxyl groups is 1. The predicted molar refractivity (Wildman–Crippen MR) is 86.0 cm³/mol. The van der Waals surface area contributed by atoms with E-state index in [1.807, 2.05) is 12.1 Å². The second kappa shape index (κ2) is 5.70. The Morgan fingerprint density at radius 2 is 1.43 bits per heavy atom. The van der Waals surface area contributed by atoms with E-state index in [1.54, 1.807) is 6.92 Å². The molecular formula is C18H28O3. The quantitative estimate of drug-likeness (QED) is 0.875. The number of rotatable bonds is 3. The van der Waals surface area contributed by atoms with E-state index in [2.05, 4.69) is 41.5 Å². The first kappa shape index (κ1) is 17.5. The van der Waals surface area contributed by atoms with Crippen molar-refractivity contribution in [1.82, 2.24) is 0 Å². The van der Waals surface area contributed by atoms with Gasteiger partial charge >= 0.3 is 5.97 Å². The minimum absolute atomic E-state index is 0.188. The van der Waals surface area contributed by atoms with Crippen LogP contribution in [0, 0.1) is 5.92 Å². The van der Waals surface area contributed by atoms with Gasteiger partial charge in [0.05, 0.1) is 5.92 Å². The van der Waals surface area contributed by atoms with Crippen molar-refractivity contribution in [3.8, 4) is 5.75 Å². The molecule has 1 atom stereocenters. The summed E-state index contributed by atoms with van der Waals surface area (Å²) in [5.41, 5.74) is 2.35. The summed E-state index contributed by atoms with van der Waals surface area (Å²) in [6, 6.07) is 3.90. The van der Waals surface area contributed by atoms with Crippen molar-refractivity contribution >= 4 is 5.97 Å². The van der Waals surface area contributed by atoms with E-state index < -0.39 is 11.9 Å². The molecule has 1 aromatic carbocycles. The van der Waals surface area contributed by atoms with E-state index >= 15 is 0 Å². The highest BCUT2D eigenvalue weighted by Crippen LogP contribution is 2.40. The van der Waals surface area contributed by atoms with Gasteiger partial charge in [0.25, 0.3) is 0 Å². The predicted octanol–water partition coefficient (Wildman–Crippen LogP) is 4.25. The first-order valence-corrected chi connectivity index (χ1v) is 7.43. The fraction of sp³-hybridized carbons (Fsp3) is 0.611. The molecule has 118 valence electrons. The molecule has 1 aromatic rings. The van der Waals surface area contributed by atoms with Gasteiger partial charge in [-0.15, -0.1) is 0 Å². The number of phenolic OH excluding ortho intramolecular Hbond substituents is 1. The maximum absolute atomic E-state index is 11.1. The summed E-state index contributed by atoms with van der Waals surface area (Å²) in [4.78, 5) is 11.1. The Hall–Kier alpha value is -1.51. The molecule has 0 aliphatic heterocycles. The number of carboxylic acid groups (broad SMARTS) is 1. The largest absolute Gasteiger partial charge is 0.507 e. The van der Waals surface area contributed by atoms with Gasteiger partial charge in [-0.1, -0.05) is 60.6 Å². The van der Waals surface area contributed by atoms with E-state index in [9.17, 15) is 9.90 Å². The molecule has 0 aromatic heterocycles. The molecule has 0 spiro atoms. The fourth-order valence-corrected chi connectivity index (χ4v) is 2.40. The molecule has 0 heterocycles. The number of phenols is 1. The summed E-state index contributed by atoms with van der Waals surface area (Å²) in [6.07, 6.45) is 0.474. The summed E-state index contributed by atoms with van der Waals surface area (Å²) >= 11 is 0. The Labute approximate surface area is 128 Å². The summed E-state index contributed by atoms with van der Waals surface area (Å²) in [6.45, 7) is 14.0. The molecule has 2 N–H and O–H groups in total. The molecule has 0 fully saturated rings. The van der Waals surface area contributed by atoms with Crippen LogP contribution < -0.4 is 0 Å². The van der Waals surface area contributed by atoms with Gasteiger partial charge in [-0.25, -0.2) is 0 Å². The third-order valence-electron chi connectivity index (χ3n) is 3.75. The van der Waals surface area contributed by atoms with Crippen molar-refractivity contribution in [2.45, 2.75) is 65.7 Å². The number of hydrogen-bond acceptors (Lipinski definition) is 2. The smallest absolute Gasteiger partial charge is 0.306 e. The fourth-order valence-electron chi connectivity index (χ4n) is 2.40. The average molecular weight is 292 g/mol. The van der Waals surface area contributed by atoms with Crippen LogP contribution in [0.5, 0.6) is 5.75 Å². The topological polar surface area (TPSA) is 57.5 Å². The highest BCUT2D eigenvalue weighted by atomic mass is 16.4. The number of hydrogen-bond donors (Lipinski definition) is 2. The molecule has 3 heteroatoms. The summed E-state index contributed by atoms with van der Waals surface area (Å²) in [7, 11) is 0. The number of carbonyl (C=O) groups is 1. The lowest BCUT2D eigenvalue weighted by atomic mass is 9.77. The number of benzene rings is 1. The van der Waals surface area contributed by atoms with Crippen LogP contribution in [0.1, 0.15) is 65.2 Å². The van der Waals surface area contributed by atoms with Gasteiger partial charge in [-0.2, -0.15) is 0 Å². The van der Waals surface area contributed by atoms with E-state index in [-0.39, 0.29) is 10.8 Å². The molecule has 1 rings (SSSR count). The van der Waals surface area contributed by atoms with Crippen molar-refractivity contribution in [3.63, 3.8) is 0 Å². The van der Waals surface area contributed by atoms with Crippen LogP contribution in [0.3, 0.4) is 0 Å². The molecule has 0 amide bonds. The third kappa shape index (κ3) is 4.23. The molecule has 0 aliphatic rings. The molecule has 3 nitrogen and oxygen atoms in total. The van der Waals surface area contributed by atoms with E-state index in [0.29, 0.717) is 12.2 Å². The minimum atomic E-state index is -0.794. The standard InChI is InChI=1S/C18H28O3/c1-11(16(20)21)8-12-9-13(17(2,3)4)15(19)14(10-12)18(5,6)7/h9-11,19H,8H2,1-7H3,(H,20,21). The van der Waals surface area contributed by atoms with Crippen molar-refractivity contribution in [1.29, 1.82) is 0 Å². The molecule has 0 saturated carbocycles. The molecule has 0 radical (unpaired) electrons. The SMILES string of the molecule is CC(Cc1cc(C(C)(C)C)c(O)c(C(C)(C)C)c1)C(=O)O. The molecular weight excluding hydrogens is 264 g/mol. The first-order chi connectivity index (χ1) is 9.34. The van der Waals surface area contributed by atoms with Crippen LogP contribution in [0.25, 0.3) is 0 Å². The van der Waals surface area contributed by atoms with Gasteiger partial charge in [-0.3, -0.25) is 4.79 Å². The minimum Gasteiger partial charge on any atom is -0.507 e. The molecule has 0 saturated heterocycles. The Morgan fingerprint density at radius 1 is 1.05 bits per heavy atom. The van der Waals surface area contributed by atoms with E-state index in [1.165, 1.54) is 0 Å². The number of carboxylic acids is 1.